The second-order valence-electron chi connectivity index (χ2n) is 6.78. The van der Waals surface area contributed by atoms with E-state index in [1.807, 2.05) is 6.07 Å². The molecular formula is C19H17N3O5S2. The molecule has 0 atom stereocenters. The van der Waals surface area contributed by atoms with E-state index in [0.29, 0.717) is 40.8 Å². The van der Waals surface area contributed by atoms with Gasteiger partial charge in [-0.15, -0.1) is 0 Å². The van der Waals surface area contributed by atoms with Gasteiger partial charge in [0.15, 0.2) is 16.6 Å². The van der Waals surface area contributed by atoms with Crippen LogP contribution in [0.2, 0.25) is 0 Å². The van der Waals surface area contributed by atoms with Gasteiger partial charge in [-0.1, -0.05) is 11.3 Å². The lowest BCUT2D eigenvalue weighted by Gasteiger charge is -2.15. The van der Waals surface area contributed by atoms with Crippen molar-refractivity contribution in [1.82, 2.24) is 9.29 Å². The Bertz CT molecular complexity index is 1160. The minimum absolute atomic E-state index is 0.194. The van der Waals surface area contributed by atoms with Crippen molar-refractivity contribution >= 4 is 42.6 Å². The highest BCUT2D eigenvalue weighted by atomic mass is 32.2. The van der Waals surface area contributed by atoms with E-state index >= 15 is 0 Å². The fourth-order valence-corrected chi connectivity index (χ4v) is 5.78. The van der Waals surface area contributed by atoms with Crippen molar-refractivity contribution in [3.8, 4) is 11.5 Å². The lowest BCUT2D eigenvalue weighted by molar-refractivity contribution is 0.102. The van der Waals surface area contributed by atoms with Crippen molar-refractivity contribution in [3.05, 3.63) is 42.0 Å². The molecule has 150 valence electrons. The number of rotatable bonds is 4. The molecule has 1 amide bonds. The largest absolute Gasteiger partial charge is 0.454 e. The van der Waals surface area contributed by atoms with E-state index in [1.54, 1.807) is 6.07 Å². The van der Waals surface area contributed by atoms with Crippen molar-refractivity contribution in [2.75, 3.05) is 25.2 Å². The van der Waals surface area contributed by atoms with Crippen LogP contribution < -0.4 is 14.8 Å². The van der Waals surface area contributed by atoms with Crippen LogP contribution in [0.4, 0.5) is 5.13 Å². The number of fused-ring (bicyclic) bond motifs is 2. The summed E-state index contributed by atoms with van der Waals surface area (Å²) in [6, 6.07) is 9.59. The molecule has 2 aromatic carbocycles. The summed E-state index contributed by atoms with van der Waals surface area (Å²) >= 11 is 1.33. The number of benzene rings is 2. The Labute approximate surface area is 171 Å². The number of thiazole rings is 1. The zero-order chi connectivity index (χ0) is 20.0. The maximum Gasteiger partial charge on any atom is 0.257 e. The predicted molar refractivity (Wildman–Crippen MR) is 108 cm³/mol. The zero-order valence-corrected chi connectivity index (χ0v) is 16.9. The number of aromatic nitrogens is 1. The van der Waals surface area contributed by atoms with Gasteiger partial charge in [-0.05, 0) is 37.1 Å². The third-order valence-corrected chi connectivity index (χ3v) is 7.77. The highest BCUT2D eigenvalue weighted by Crippen LogP contribution is 2.39. The van der Waals surface area contributed by atoms with Crippen LogP contribution in [0.3, 0.4) is 0 Å². The number of sulfonamides is 1. The molecule has 5 rings (SSSR count). The smallest absolute Gasteiger partial charge is 0.257 e. The number of carbonyl (C=O) groups excluding carboxylic acids is 1. The molecule has 2 aliphatic heterocycles. The van der Waals surface area contributed by atoms with Crippen molar-refractivity contribution < 1.29 is 22.7 Å². The number of nitrogens with one attached hydrogen (secondary N) is 1. The number of amides is 1. The average Bonchev–Trinajstić information content (AvgIpc) is 3.46. The number of nitrogens with zero attached hydrogens (tertiary/aromatic N) is 2. The Balaban J connectivity index is 1.34. The maximum absolute atomic E-state index is 12.6. The van der Waals surface area contributed by atoms with Crippen LogP contribution in [0, 0.1) is 0 Å². The van der Waals surface area contributed by atoms with Gasteiger partial charge in [0.25, 0.3) is 5.91 Å². The molecule has 1 saturated heterocycles. The molecule has 3 heterocycles. The predicted octanol–water partition coefficient (Wildman–Crippen LogP) is 3.06. The van der Waals surface area contributed by atoms with E-state index in [9.17, 15) is 13.2 Å². The highest BCUT2D eigenvalue weighted by molar-refractivity contribution is 7.89. The minimum atomic E-state index is -3.49. The SMILES string of the molecule is O=C(Nc1nc2cc3c(cc2s1)OCO3)c1ccc(S(=O)(=O)N2CCCC2)cc1. The summed E-state index contributed by atoms with van der Waals surface area (Å²) < 4.78 is 38.2. The second-order valence-corrected chi connectivity index (χ2v) is 9.75. The van der Waals surface area contributed by atoms with Crippen LogP contribution in [-0.2, 0) is 10.0 Å². The van der Waals surface area contributed by atoms with Crippen molar-refractivity contribution in [2.24, 2.45) is 0 Å². The zero-order valence-electron chi connectivity index (χ0n) is 15.3. The summed E-state index contributed by atoms with van der Waals surface area (Å²) in [4.78, 5) is 17.2. The Morgan fingerprint density at radius 1 is 1.07 bits per heavy atom. The molecule has 0 unspecified atom stereocenters. The molecule has 10 heteroatoms. The van der Waals surface area contributed by atoms with Gasteiger partial charge in [0.2, 0.25) is 16.8 Å². The summed E-state index contributed by atoms with van der Waals surface area (Å²) in [5, 5.41) is 3.21. The number of hydrogen-bond donors (Lipinski definition) is 1. The third kappa shape index (κ3) is 3.33. The normalized spacial score (nSPS) is 16.4. The average molecular weight is 431 g/mol. The monoisotopic (exact) mass is 431 g/mol. The summed E-state index contributed by atoms with van der Waals surface area (Å²) in [5.41, 5.74) is 1.07. The Kier molecular flexibility index (Phi) is 4.41. The molecule has 1 N–H and O–H groups in total. The molecule has 29 heavy (non-hydrogen) atoms. The molecule has 1 aromatic heterocycles. The summed E-state index contributed by atoms with van der Waals surface area (Å²) in [7, 11) is -3.49. The van der Waals surface area contributed by atoms with Gasteiger partial charge in [-0.3, -0.25) is 10.1 Å². The van der Waals surface area contributed by atoms with E-state index in [4.69, 9.17) is 9.47 Å². The summed E-state index contributed by atoms with van der Waals surface area (Å²) in [5.74, 6) is 0.943. The van der Waals surface area contributed by atoms with Crippen LogP contribution >= 0.6 is 11.3 Å². The second kappa shape index (κ2) is 6.97. The minimum Gasteiger partial charge on any atom is -0.454 e. The fourth-order valence-electron chi connectivity index (χ4n) is 3.40. The first kappa shape index (κ1) is 18.3. The van der Waals surface area contributed by atoms with Gasteiger partial charge in [0.05, 0.1) is 15.1 Å². The summed E-state index contributed by atoms with van der Waals surface area (Å²) in [6.45, 7) is 1.28. The van der Waals surface area contributed by atoms with E-state index in [2.05, 4.69) is 10.3 Å². The first-order chi connectivity index (χ1) is 14.0. The van der Waals surface area contributed by atoms with Crippen LogP contribution in [0.25, 0.3) is 10.2 Å². The molecule has 0 bridgehead atoms. The Hall–Kier alpha value is -2.69. The van der Waals surface area contributed by atoms with E-state index in [0.717, 1.165) is 17.5 Å². The molecule has 0 saturated carbocycles. The molecule has 0 spiro atoms. The van der Waals surface area contributed by atoms with Crippen LogP contribution in [0.1, 0.15) is 23.2 Å². The lowest BCUT2D eigenvalue weighted by atomic mass is 10.2. The van der Waals surface area contributed by atoms with E-state index in [1.165, 1.54) is 39.9 Å². The van der Waals surface area contributed by atoms with Crippen LogP contribution in [-0.4, -0.2) is 43.5 Å². The van der Waals surface area contributed by atoms with Gasteiger partial charge < -0.3 is 9.47 Å². The maximum atomic E-state index is 12.6. The fraction of sp³-hybridized carbons (Fsp3) is 0.263. The number of ether oxygens (including phenoxy) is 2. The van der Waals surface area contributed by atoms with Gasteiger partial charge in [0.1, 0.15) is 0 Å². The van der Waals surface area contributed by atoms with Gasteiger partial charge in [-0.2, -0.15) is 4.31 Å². The van der Waals surface area contributed by atoms with Crippen LogP contribution in [0.15, 0.2) is 41.3 Å². The molecular weight excluding hydrogens is 414 g/mol. The number of hydrogen-bond acceptors (Lipinski definition) is 7. The number of anilines is 1. The summed E-state index contributed by atoms with van der Waals surface area (Å²) in [6.07, 6.45) is 1.76. The standard InChI is InChI=1S/C19H17N3O5S2/c23-18(12-3-5-13(6-4-12)29(24,25)22-7-1-2-8-22)21-19-20-14-9-15-16(27-11-26-15)10-17(14)28-19/h3-6,9-10H,1-2,7-8,11H2,(H,20,21,23). The molecule has 8 nitrogen and oxygen atoms in total. The third-order valence-electron chi connectivity index (χ3n) is 4.92. The van der Waals surface area contributed by atoms with Gasteiger partial charge in [-0.25, -0.2) is 13.4 Å². The first-order valence-electron chi connectivity index (χ1n) is 9.12. The van der Waals surface area contributed by atoms with Gasteiger partial charge in [0, 0.05) is 30.8 Å². The number of carbonyl (C=O) groups is 1. The van der Waals surface area contributed by atoms with E-state index in [-0.39, 0.29) is 17.6 Å². The molecule has 2 aliphatic rings. The topological polar surface area (TPSA) is 97.8 Å². The Morgan fingerprint density at radius 2 is 1.76 bits per heavy atom. The quantitative estimate of drug-likeness (QED) is 0.682. The van der Waals surface area contributed by atoms with E-state index < -0.39 is 10.0 Å². The molecule has 3 aromatic rings. The highest BCUT2D eigenvalue weighted by Gasteiger charge is 2.27. The van der Waals surface area contributed by atoms with Crippen molar-refractivity contribution in [2.45, 2.75) is 17.7 Å². The van der Waals surface area contributed by atoms with Crippen LogP contribution in [0.5, 0.6) is 11.5 Å². The lowest BCUT2D eigenvalue weighted by Crippen LogP contribution is -2.27. The van der Waals surface area contributed by atoms with Gasteiger partial charge >= 0.3 is 0 Å². The first-order valence-corrected chi connectivity index (χ1v) is 11.4. The molecule has 0 radical (unpaired) electrons. The Morgan fingerprint density at radius 3 is 2.48 bits per heavy atom. The molecule has 0 aliphatic carbocycles. The van der Waals surface area contributed by atoms with Crippen molar-refractivity contribution in [3.63, 3.8) is 0 Å². The van der Waals surface area contributed by atoms with Crippen molar-refractivity contribution in [1.29, 1.82) is 0 Å². The molecule has 1 fully saturated rings.